The molecule has 88 valence electrons. The van der Waals surface area contributed by atoms with Gasteiger partial charge in [-0.25, -0.2) is 0 Å². The first-order valence-electron chi connectivity index (χ1n) is 6.61. The van der Waals surface area contributed by atoms with Crippen LogP contribution in [0.25, 0.3) is 0 Å². The van der Waals surface area contributed by atoms with Gasteiger partial charge in [-0.2, -0.15) is 11.8 Å². The molecule has 2 heteroatoms. The van der Waals surface area contributed by atoms with E-state index < -0.39 is 0 Å². The molecule has 15 heavy (non-hydrogen) atoms. The molecule has 1 nitrogen and oxygen atoms in total. The van der Waals surface area contributed by atoms with Crippen molar-refractivity contribution in [1.82, 2.24) is 5.32 Å². The number of nitrogens with one attached hydrogen (secondary N) is 1. The summed E-state index contributed by atoms with van der Waals surface area (Å²) in [4.78, 5) is 0. The van der Waals surface area contributed by atoms with Crippen molar-refractivity contribution in [2.24, 2.45) is 11.8 Å². The third-order valence-corrected chi connectivity index (χ3v) is 5.35. The third-order valence-electron chi connectivity index (χ3n) is 4.13. The minimum atomic E-state index is 0.794. The molecule has 1 N–H and O–H groups in total. The highest BCUT2D eigenvalue weighted by molar-refractivity contribution is 7.99. The average molecular weight is 227 g/mol. The maximum Gasteiger partial charge on any atom is 0.0161 e. The van der Waals surface area contributed by atoms with E-state index in [-0.39, 0.29) is 0 Å². The predicted molar refractivity (Wildman–Crippen MR) is 69.4 cm³/mol. The fraction of sp³-hybridized carbons (Fsp3) is 1.00. The minimum absolute atomic E-state index is 0.794. The van der Waals surface area contributed by atoms with E-state index in [1.807, 2.05) is 0 Å². The van der Waals surface area contributed by atoms with Crippen molar-refractivity contribution in [3.63, 3.8) is 0 Å². The van der Waals surface area contributed by atoms with Crippen LogP contribution in [0, 0.1) is 11.8 Å². The van der Waals surface area contributed by atoms with Gasteiger partial charge in [-0.15, -0.1) is 0 Å². The van der Waals surface area contributed by atoms with Gasteiger partial charge in [0, 0.05) is 17.8 Å². The van der Waals surface area contributed by atoms with Crippen molar-refractivity contribution in [3.8, 4) is 0 Å². The Bertz CT molecular complexity index is 179. The van der Waals surface area contributed by atoms with Crippen LogP contribution in [0.3, 0.4) is 0 Å². The number of hydrogen-bond donors (Lipinski definition) is 1. The highest BCUT2D eigenvalue weighted by atomic mass is 32.2. The first kappa shape index (κ1) is 11.8. The van der Waals surface area contributed by atoms with Crippen molar-refractivity contribution in [3.05, 3.63) is 0 Å². The Morgan fingerprint density at radius 2 is 1.73 bits per heavy atom. The molecule has 1 heterocycles. The molecule has 0 aromatic carbocycles. The summed E-state index contributed by atoms with van der Waals surface area (Å²) in [6, 6.07) is 1.60. The van der Waals surface area contributed by atoms with Gasteiger partial charge in [0.2, 0.25) is 0 Å². The highest BCUT2D eigenvalue weighted by Gasteiger charge is 2.29. The van der Waals surface area contributed by atoms with E-state index in [4.69, 9.17) is 0 Å². The third kappa shape index (κ3) is 3.13. The fourth-order valence-electron chi connectivity index (χ4n) is 3.15. The Kier molecular flexibility index (Phi) is 4.39. The number of thioether (sulfide) groups is 1. The Morgan fingerprint density at radius 1 is 1.00 bits per heavy atom. The van der Waals surface area contributed by atoms with E-state index in [1.165, 1.54) is 43.6 Å². The quantitative estimate of drug-likeness (QED) is 0.777. The predicted octanol–water partition coefficient (Wildman–Crippen LogP) is 3.30. The van der Waals surface area contributed by atoms with Gasteiger partial charge in [0.25, 0.3) is 0 Å². The van der Waals surface area contributed by atoms with E-state index in [9.17, 15) is 0 Å². The van der Waals surface area contributed by atoms with Crippen molar-refractivity contribution in [2.75, 3.05) is 11.5 Å². The van der Waals surface area contributed by atoms with Gasteiger partial charge in [0.15, 0.2) is 0 Å². The van der Waals surface area contributed by atoms with Crippen LogP contribution in [0.5, 0.6) is 0 Å². The molecule has 2 fully saturated rings. The van der Waals surface area contributed by atoms with E-state index in [1.54, 1.807) is 0 Å². The summed E-state index contributed by atoms with van der Waals surface area (Å²) in [5, 5.41) is 3.94. The fourth-order valence-corrected chi connectivity index (χ4v) is 4.24. The Labute approximate surface area is 98.8 Å². The molecular weight excluding hydrogens is 202 g/mol. The van der Waals surface area contributed by atoms with Crippen LogP contribution >= 0.6 is 11.8 Å². The summed E-state index contributed by atoms with van der Waals surface area (Å²) in [5.41, 5.74) is 0. The molecule has 2 rings (SSSR count). The summed E-state index contributed by atoms with van der Waals surface area (Å²) < 4.78 is 0. The summed E-state index contributed by atoms with van der Waals surface area (Å²) >= 11 is 2.13. The Hall–Kier alpha value is 0.310. The number of rotatable bonds is 2. The largest absolute Gasteiger partial charge is 0.310 e. The van der Waals surface area contributed by atoms with Gasteiger partial charge in [-0.05, 0) is 43.3 Å². The maximum absolute atomic E-state index is 3.94. The smallest absolute Gasteiger partial charge is 0.0161 e. The van der Waals surface area contributed by atoms with Crippen LogP contribution in [0.1, 0.15) is 46.0 Å². The highest BCUT2D eigenvalue weighted by Crippen LogP contribution is 2.30. The normalized spacial score (nSPS) is 42.8. The van der Waals surface area contributed by atoms with Crippen molar-refractivity contribution in [1.29, 1.82) is 0 Å². The van der Waals surface area contributed by atoms with Gasteiger partial charge in [0.1, 0.15) is 0 Å². The zero-order chi connectivity index (χ0) is 10.7. The molecule has 0 spiro atoms. The lowest BCUT2D eigenvalue weighted by Crippen LogP contribution is -2.49. The zero-order valence-electron chi connectivity index (χ0n) is 10.2. The van der Waals surface area contributed by atoms with Gasteiger partial charge < -0.3 is 5.32 Å². The topological polar surface area (TPSA) is 12.0 Å². The van der Waals surface area contributed by atoms with Crippen LogP contribution in [0.2, 0.25) is 0 Å². The van der Waals surface area contributed by atoms with Crippen molar-refractivity contribution < 1.29 is 0 Å². The monoisotopic (exact) mass is 227 g/mol. The van der Waals surface area contributed by atoms with Crippen LogP contribution in [0.4, 0.5) is 0 Å². The molecule has 2 aliphatic rings. The summed E-state index contributed by atoms with van der Waals surface area (Å²) in [5.74, 6) is 4.51. The first-order chi connectivity index (χ1) is 7.27. The standard InChI is InChI=1S/C13H25NS/c1-10-5-3-6-11(2)13(10)14-12-7-4-8-15-9-12/h10-14H,3-9H2,1-2H3. The molecule has 1 saturated heterocycles. The van der Waals surface area contributed by atoms with Crippen molar-refractivity contribution in [2.45, 2.75) is 58.0 Å². The van der Waals surface area contributed by atoms with Crippen LogP contribution in [0.15, 0.2) is 0 Å². The summed E-state index contributed by atoms with van der Waals surface area (Å²) in [6.45, 7) is 4.87. The van der Waals surface area contributed by atoms with Gasteiger partial charge in [-0.1, -0.05) is 20.3 Å². The van der Waals surface area contributed by atoms with E-state index in [0.717, 1.165) is 23.9 Å². The molecule has 3 atom stereocenters. The van der Waals surface area contributed by atoms with Gasteiger partial charge in [-0.3, -0.25) is 0 Å². The zero-order valence-corrected chi connectivity index (χ0v) is 11.0. The second kappa shape index (κ2) is 5.58. The van der Waals surface area contributed by atoms with Crippen LogP contribution < -0.4 is 5.32 Å². The molecule has 0 radical (unpaired) electrons. The molecule has 0 amide bonds. The molecule has 1 saturated carbocycles. The van der Waals surface area contributed by atoms with E-state index in [0.29, 0.717) is 0 Å². The van der Waals surface area contributed by atoms with Crippen LogP contribution in [-0.2, 0) is 0 Å². The summed E-state index contributed by atoms with van der Waals surface area (Å²) in [7, 11) is 0. The lowest BCUT2D eigenvalue weighted by molar-refractivity contribution is 0.193. The lowest BCUT2D eigenvalue weighted by atomic mass is 9.78. The molecule has 1 aliphatic carbocycles. The first-order valence-corrected chi connectivity index (χ1v) is 7.76. The molecule has 0 aromatic rings. The molecule has 3 unspecified atom stereocenters. The molecular formula is C13H25NS. The summed E-state index contributed by atoms with van der Waals surface area (Å²) in [6.07, 6.45) is 7.13. The number of hydrogen-bond acceptors (Lipinski definition) is 2. The second-order valence-electron chi connectivity index (χ2n) is 5.49. The molecule has 0 aromatic heterocycles. The van der Waals surface area contributed by atoms with E-state index >= 15 is 0 Å². The van der Waals surface area contributed by atoms with E-state index in [2.05, 4.69) is 30.9 Å². The SMILES string of the molecule is CC1CCCC(C)C1NC1CCCSC1. The average Bonchev–Trinajstić information content (AvgIpc) is 2.25. The Morgan fingerprint density at radius 3 is 2.33 bits per heavy atom. The second-order valence-corrected chi connectivity index (χ2v) is 6.64. The van der Waals surface area contributed by atoms with Crippen LogP contribution in [-0.4, -0.2) is 23.6 Å². The Balaban J connectivity index is 1.84. The molecule has 1 aliphatic heterocycles. The minimum Gasteiger partial charge on any atom is -0.310 e. The lowest BCUT2D eigenvalue weighted by Gasteiger charge is -2.38. The maximum atomic E-state index is 3.94. The van der Waals surface area contributed by atoms with Crippen molar-refractivity contribution >= 4 is 11.8 Å². The molecule has 0 bridgehead atoms. The van der Waals surface area contributed by atoms with Gasteiger partial charge >= 0.3 is 0 Å². The van der Waals surface area contributed by atoms with Gasteiger partial charge in [0.05, 0.1) is 0 Å².